The fourth-order valence-electron chi connectivity index (χ4n) is 2.76. The lowest BCUT2D eigenvalue weighted by atomic mass is 10.2. The average molecular weight is 331 g/mol. The van der Waals surface area contributed by atoms with E-state index in [0.717, 1.165) is 18.7 Å². The van der Waals surface area contributed by atoms with Gasteiger partial charge in [0.15, 0.2) is 9.84 Å². The van der Waals surface area contributed by atoms with Gasteiger partial charge < -0.3 is 10.1 Å². The average Bonchev–Trinajstić information content (AvgIpc) is 2.62. The van der Waals surface area contributed by atoms with Crippen LogP contribution < -0.4 is 10.1 Å². The highest BCUT2D eigenvalue weighted by Gasteiger charge is 2.28. The molecular weight excluding hydrogens is 310 g/mol. The summed E-state index contributed by atoms with van der Waals surface area (Å²) in [7, 11) is -3.24. The summed E-state index contributed by atoms with van der Waals surface area (Å²) in [5, 5.41) is 2.92. The molecular formula is C18H21NO3S. The van der Waals surface area contributed by atoms with E-state index in [1.807, 2.05) is 30.3 Å². The fourth-order valence-corrected chi connectivity index (χ4v) is 4.52. The lowest BCUT2D eigenvalue weighted by Gasteiger charge is -2.22. The van der Waals surface area contributed by atoms with Crippen LogP contribution in [0.1, 0.15) is 18.4 Å². The van der Waals surface area contributed by atoms with Crippen LogP contribution in [0.5, 0.6) is 5.75 Å². The second kappa shape index (κ2) is 7.15. The lowest BCUT2D eigenvalue weighted by molar-refractivity contribution is 0.306. The minimum atomic E-state index is -3.24. The molecule has 2 aromatic carbocycles. The lowest BCUT2D eigenvalue weighted by Crippen LogP contribution is -2.35. The molecule has 1 aliphatic rings. The Morgan fingerprint density at radius 2 is 1.61 bits per heavy atom. The molecule has 0 aromatic heterocycles. The van der Waals surface area contributed by atoms with Gasteiger partial charge in [0, 0.05) is 0 Å². The molecule has 0 amide bonds. The topological polar surface area (TPSA) is 55.4 Å². The van der Waals surface area contributed by atoms with Crippen molar-refractivity contribution in [2.45, 2.75) is 29.6 Å². The third-order valence-electron chi connectivity index (χ3n) is 4.13. The molecule has 1 saturated heterocycles. The molecule has 0 bridgehead atoms. The molecule has 3 rings (SSSR count). The standard InChI is InChI=1S/C18H21NO3S/c20-23(21,18-10-12-19-13-11-18)17-8-6-16(7-9-17)22-14-15-4-2-1-3-5-15/h1-9,18-19H,10-14H2. The first kappa shape index (κ1) is 16.0. The van der Waals surface area contributed by atoms with Crippen molar-refractivity contribution in [2.24, 2.45) is 0 Å². The molecule has 5 heteroatoms. The zero-order valence-corrected chi connectivity index (χ0v) is 13.8. The number of benzene rings is 2. The maximum atomic E-state index is 12.6. The fraction of sp³-hybridized carbons (Fsp3) is 0.333. The molecule has 0 atom stereocenters. The molecule has 1 aliphatic heterocycles. The smallest absolute Gasteiger partial charge is 0.181 e. The van der Waals surface area contributed by atoms with Crippen LogP contribution in [-0.4, -0.2) is 26.8 Å². The number of hydrogen-bond acceptors (Lipinski definition) is 4. The minimum absolute atomic E-state index is 0.278. The van der Waals surface area contributed by atoms with E-state index in [1.165, 1.54) is 0 Å². The first-order valence-electron chi connectivity index (χ1n) is 7.88. The van der Waals surface area contributed by atoms with Crippen molar-refractivity contribution in [3.8, 4) is 5.75 Å². The van der Waals surface area contributed by atoms with Gasteiger partial charge in [-0.3, -0.25) is 0 Å². The van der Waals surface area contributed by atoms with Gasteiger partial charge in [-0.05, 0) is 55.8 Å². The Morgan fingerprint density at radius 3 is 2.26 bits per heavy atom. The zero-order chi connectivity index (χ0) is 16.1. The Hall–Kier alpha value is -1.85. The van der Waals surface area contributed by atoms with Crippen LogP contribution in [0.2, 0.25) is 0 Å². The van der Waals surface area contributed by atoms with Gasteiger partial charge in [-0.1, -0.05) is 30.3 Å². The van der Waals surface area contributed by atoms with Crippen molar-refractivity contribution < 1.29 is 13.2 Å². The number of rotatable bonds is 5. The first-order chi connectivity index (χ1) is 11.2. The highest BCUT2D eigenvalue weighted by molar-refractivity contribution is 7.92. The molecule has 0 spiro atoms. The van der Waals surface area contributed by atoms with Crippen LogP contribution in [0.25, 0.3) is 0 Å². The molecule has 23 heavy (non-hydrogen) atoms. The molecule has 1 fully saturated rings. The molecule has 2 aromatic rings. The van der Waals surface area contributed by atoms with Crippen LogP contribution in [0.4, 0.5) is 0 Å². The number of nitrogens with one attached hydrogen (secondary N) is 1. The van der Waals surface area contributed by atoms with Gasteiger partial charge in [0.1, 0.15) is 12.4 Å². The van der Waals surface area contributed by atoms with Gasteiger partial charge >= 0.3 is 0 Å². The summed E-state index contributed by atoms with van der Waals surface area (Å²) in [4.78, 5) is 0.386. The highest BCUT2D eigenvalue weighted by Crippen LogP contribution is 2.24. The number of hydrogen-bond donors (Lipinski definition) is 1. The van der Waals surface area contributed by atoms with Gasteiger partial charge in [0.25, 0.3) is 0 Å². The van der Waals surface area contributed by atoms with Crippen LogP contribution in [0.15, 0.2) is 59.5 Å². The quantitative estimate of drug-likeness (QED) is 0.915. The summed E-state index contributed by atoms with van der Waals surface area (Å²) in [5.41, 5.74) is 1.08. The van der Waals surface area contributed by atoms with Crippen molar-refractivity contribution in [1.82, 2.24) is 5.32 Å². The van der Waals surface area contributed by atoms with Gasteiger partial charge in [-0.15, -0.1) is 0 Å². The van der Waals surface area contributed by atoms with Crippen molar-refractivity contribution in [3.05, 3.63) is 60.2 Å². The normalized spacial score (nSPS) is 16.2. The van der Waals surface area contributed by atoms with Crippen LogP contribution >= 0.6 is 0 Å². The van der Waals surface area contributed by atoms with E-state index in [1.54, 1.807) is 24.3 Å². The zero-order valence-electron chi connectivity index (χ0n) is 12.9. The van der Waals surface area contributed by atoms with Crippen molar-refractivity contribution in [1.29, 1.82) is 0 Å². The Morgan fingerprint density at radius 1 is 0.957 bits per heavy atom. The minimum Gasteiger partial charge on any atom is -0.489 e. The Balaban J connectivity index is 1.66. The summed E-state index contributed by atoms with van der Waals surface area (Å²) >= 11 is 0. The molecule has 0 radical (unpaired) electrons. The van der Waals surface area contributed by atoms with Crippen LogP contribution in [0.3, 0.4) is 0 Å². The van der Waals surface area contributed by atoms with Gasteiger partial charge in [-0.25, -0.2) is 8.42 Å². The Bertz CT molecular complexity index is 721. The third-order valence-corrected chi connectivity index (χ3v) is 6.40. The second-order valence-electron chi connectivity index (χ2n) is 5.74. The number of ether oxygens (including phenoxy) is 1. The number of piperidine rings is 1. The van der Waals surface area contributed by atoms with Crippen molar-refractivity contribution in [2.75, 3.05) is 13.1 Å². The van der Waals surface area contributed by atoms with Crippen molar-refractivity contribution in [3.63, 3.8) is 0 Å². The van der Waals surface area contributed by atoms with E-state index in [-0.39, 0.29) is 5.25 Å². The summed E-state index contributed by atoms with van der Waals surface area (Å²) in [6.07, 6.45) is 1.35. The molecule has 1 heterocycles. The summed E-state index contributed by atoms with van der Waals surface area (Å²) in [6.45, 7) is 2.01. The summed E-state index contributed by atoms with van der Waals surface area (Å²) in [5.74, 6) is 0.679. The SMILES string of the molecule is O=S(=O)(c1ccc(OCc2ccccc2)cc1)C1CCNCC1. The first-order valence-corrected chi connectivity index (χ1v) is 9.42. The maximum Gasteiger partial charge on any atom is 0.181 e. The Kier molecular flexibility index (Phi) is 4.98. The van der Waals surface area contributed by atoms with E-state index in [2.05, 4.69) is 5.32 Å². The predicted molar refractivity (Wildman–Crippen MR) is 90.3 cm³/mol. The summed E-state index contributed by atoms with van der Waals surface area (Å²) in [6, 6.07) is 16.7. The monoisotopic (exact) mass is 331 g/mol. The van der Waals surface area contributed by atoms with E-state index < -0.39 is 9.84 Å². The second-order valence-corrected chi connectivity index (χ2v) is 7.97. The molecule has 0 saturated carbocycles. The van der Waals surface area contributed by atoms with E-state index in [9.17, 15) is 8.42 Å². The maximum absolute atomic E-state index is 12.6. The van der Waals surface area contributed by atoms with Crippen molar-refractivity contribution >= 4 is 9.84 Å². The summed E-state index contributed by atoms with van der Waals surface area (Å²) < 4.78 is 30.9. The van der Waals surface area contributed by atoms with Crippen LogP contribution in [0, 0.1) is 0 Å². The molecule has 122 valence electrons. The Labute approximate surface area is 137 Å². The third kappa shape index (κ3) is 3.92. The van der Waals surface area contributed by atoms with Crippen LogP contribution in [-0.2, 0) is 16.4 Å². The van der Waals surface area contributed by atoms with E-state index in [0.29, 0.717) is 30.1 Å². The van der Waals surface area contributed by atoms with E-state index >= 15 is 0 Å². The molecule has 4 nitrogen and oxygen atoms in total. The number of sulfone groups is 1. The van der Waals surface area contributed by atoms with Gasteiger partial charge in [-0.2, -0.15) is 0 Å². The highest BCUT2D eigenvalue weighted by atomic mass is 32.2. The van der Waals surface area contributed by atoms with Gasteiger partial charge in [0.05, 0.1) is 10.1 Å². The van der Waals surface area contributed by atoms with E-state index in [4.69, 9.17) is 4.74 Å². The predicted octanol–water partition coefficient (Wildman–Crippen LogP) is 2.79. The molecule has 0 aliphatic carbocycles. The van der Waals surface area contributed by atoms with Gasteiger partial charge in [0.2, 0.25) is 0 Å². The molecule has 0 unspecified atom stereocenters. The largest absolute Gasteiger partial charge is 0.489 e. The molecule has 1 N–H and O–H groups in total.